The molecule has 1 nitrogen and oxygen atoms in total. The molecule has 68 heavy (non-hydrogen) atoms. The van der Waals surface area contributed by atoms with Crippen LogP contribution in [0.2, 0.25) is 0 Å². The first kappa shape index (κ1) is 41.4. The van der Waals surface area contributed by atoms with Gasteiger partial charge in [0.15, 0.2) is 0 Å². The van der Waals surface area contributed by atoms with Gasteiger partial charge in [-0.1, -0.05) is 244 Å². The predicted molar refractivity (Wildman–Crippen MR) is 286 cm³/mol. The van der Waals surface area contributed by atoms with Crippen LogP contribution in [0.25, 0.3) is 55.6 Å². The molecule has 0 heterocycles. The van der Waals surface area contributed by atoms with Crippen LogP contribution in [-0.4, -0.2) is 0 Å². The van der Waals surface area contributed by atoms with Crippen LogP contribution in [-0.2, 0) is 5.41 Å². The van der Waals surface area contributed by atoms with Gasteiger partial charge in [-0.15, -0.1) is 0 Å². The summed E-state index contributed by atoms with van der Waals surface area (Å²) in [5, 5.41) is 0. The number of hydrogen-bond acceptors (Lipinski definition) is 1. The van der Waals surface area contributed by atoms with Gasteiger partial charge in [0, 0.05) is 16.9 Å². The molecular formula is C67H53N. The zero-order chi connectivity index (χ0) is 45.3. The van der Waals surface area contributed by atoms with Crippen LogP contribution in [0.1, 0.15) is 65.8 Å². The fraction of sp³-hybridized carbons (Fsp3) is 0.104. The van der Waals surface area contributed by atoms with Gasteiger partial charge >= 0.3 is 0 Å². The lowest BCUT2D eigenvalue weighted by Crippen LogP contribution is -2.28. The highest BCUT2D eigenvalue weighted by molar-refractivity contribution is 5.98. The Morgan fingerprint density at radius 1 is 0.324 bits per heavy atom. The van der Waals surface area contributed by atoms with Crippen molar-refractivity contribution < 1.29 is 0 Å². The van der Waals surface area contributed by atoms with Crippen molar-refractivity contribution >= 4 is 17.1 Å². The van der Waals surface area contributed by atoms with Crippen LogP contribution >= 0.6 is 0 Å². The summed E-state index contributed by atoms with van der Waals surface area (Å²) in [5.41, 5.74) is 21.5. The van der Waals surface area contributed by atoms with Gasteiger partial charge in [0.25, 0.3) is 0 Å². The summed E-state index contributed by atoms with van der Waals surface area (Å²) in [5.74, 6) is 0.688. The van der Waals surface area contributed by atoms with E-state index >= 15 is 0 Å². The van der Waals surface area contributed by atoms with Crippen LogP contribution < -0.4 is 4.90 Å². The number of nitrogens with zero attached hydrogens (tertiary/aromatic N) is 1. The average molecular weight is 872 g/mol. The van der Waals surface area contributed by atoms with E-state index < -0.39 is 5.41 Å². The van der Waals surface area contributed by atoms with Gasteiger partial charge in [0.1, 0.15) is 0 Å². The van der Waals surface area contributed by atoms with Gasteiger partial charge < -0.3 is 4.90 Å². The summed E-state index contributed by atoms with van der Waals surface area (Å²) < 4.78 is 0. The SMILES string of the molecule is c1ccc(-c2ccccc2-c2ccccc2N(c2ccc(-c3ccc(C4CCCCC4)cc3)cc2)c2ccc3c(c2)C(c2ccccc2)(c2ccccc2)c2cccc(-c4ccccc4)c2-3)cc1. The molecule has 0 radical (unpaired) electrons. The molecule has 0 unspecified atom stereocenters. The molecule has 12 rings (SSSR count). The zero-order valence-corrected chi connectivity index (χ0v) is 38.3. The fourth-order valence-corrected chi connectivity index (χ4v) is 11.6. The minimum absolute atomic E-state index is 0.591. The first-order chi connectivity index (χ1) is 33.8. The molecule has 1 saturated carbocycles. The van der Waals surface area contributed by atoms with Crippen LogP contribution in [0.4, 0.5) is 17.1 Å². The Kier molecular flexibility index (Phi) is 11.0. The Bertz CT molecular complexity index is 3290. The molecule has 2 aliphatic rings. The highest BCUT2D eigenvalue weighted by Gasteiger charge is 2.47. The smallest absolute Gasteiger partial charge is 0.0714 e. The van der Waals surface area contributed by atoms with E-state index in [2.05, 4.69) is 260 Å². The van der Waals surface area contributed by atoms with Crippen molar-refractivity contribution in [2.24, 2.45) is 0 Å². The van der Waals surface area contributed by atoms with Gasteiger partial charge in [0.2, 0.25) is 0 Å². The van der Waals surface area contributed by atoms with Gasteiger partial charge in [0.05, 0.1) is 11.1 Å². The van der Waals surface area contributed by atoms with Gasteiger partial charge in [-0.2, -0.15) is 0 Å². The number of para-hydroxylation sites is 1. The first-order valence-electron chi connectivity index (χ1n) is 24.4. The highest BCUT2D eigenvalue weighted by Crippen LogP contribution is 2.59. The van der Waals surface area contributed by atoms with E-state index in [-0.39, 0.29) is 0 Å². The molecule has 10 aromatic rings. The Morgan fingerprint density at radius 2 is 0.824 bits per heavy atom. The van der Waals surface area contributed by atoms with Crippen molar-refractivity contribution in [1.29, 1.82) is 0 Å². The number of hydrogen-bond donors (Lipinski definition) is 0. The van der Waals surface area contributed by atoms with Gasteiger partial charge in [-0.05, 0) is 127 Å². The van der Waals surface area contributed by atoms with Crippen molar-refractivity contribution in [3.8, 4) is 55.6 Å². The standard InChI is InChI=1S/C67H53N/c1-6-21-48(22-7-1)49-37-39-50(40-38-49)51-41-43-56(44-42-51)68(65-36-19-18-33-61(65)60-32-17-16-31-58(60)52-23-8-2-9-24-52)57-45-46-62-64(47-57)67(54-27-12-4-13-28-54,55-29-14-5-15-30-55)63-35-20-34-59(66(62)63)53-25-10-3-11-26-53/h2-5,8-20,23-48H,1,6-7,21-22H2. The summed E-state index contributed by atoms with van der Waals surface area (Å²) >= 11 is 0. The molecule has 10 aromatic carbocycles. The molecule has 326 valence electrons. The molecule has 0 bridgehead atoms. The minimum Gasteiger partial charge on any atom is -0.310 e. The maximum absolute atomic E-state index is 2.50. The van der Waals surface area contributed by atoms with Gasteiger partial charge in [-0.25, -0.2) is 0 Å². The highest BCUT2D eigenvalue weighted by atomic mass is 15.1. The Labute approximate surface area is 401 Å². The molecule has 0 N–H and O–H groups in total. The summed E-state index contributed by atoms with van der Waals surface area (Å²) in [6.45, 7) is 0. The maximum atomic E-state index is 2.50. The molecule has 1 fully saturated rings. The van der Waals surface area contributed by atoms with Crippen LogP contribution in [0.5, 0.6) is 0 Å². The third kappa shape index (κ3) is 7.27. The Morgan fingerprint density at radius 3 is 1.46 bits per heavy atom. The lowest BCUT2D eigenvalue weighted by atomic mass is 9.67. The van der Waals surface area contributed by atoms with Crippen LogP contribution in [0.3, 0.4) is 0 Å². The Balaban J connectivity index is 1.08. The zero-order valence-electron chi connectivity index (χ0n) is 38.3. The van der Waals surface area contributed by atoms with Crippen molar-refractivity contribution in [1.82, 2.24) is 0 Å². The van der Waals surface area contributed by atoms with E-state index in [1.807, 2.05) is 0 Å². The van der Waals surface area contributed by atoms with E-state index in [9.17, 15) is 0 Å². The lowest BCUT2D eigenvalue weighted by Gasteiger charge is -2.35. The van der Waals surface area contributed by atoms with Crippen LogP contribution in [0, 0.1) is 0 Å². The second-order valence-corrected chi connectivity index (χ2v) is 18.6. The second kappa shape index (κ2) is 18.0. The van der Waals surface area contributed by atoms with E-state index in [4.69, 9.17) is 0 Å². The third-order valence-electron chi connectivity index (χ3n) is 14.8. The largest absolute Gasteiger partial charge is 0.310 e. The second-order valence-electron chi connectivity index (χ2n) is 18.6. The lowest BCUT2D eigenvalue weighted by molar-refractivity contribution is 0.443. The third-order valence-corrected chi connectivity index (χ3v) is 14.8. The summed E-state index contributed by atoms with van der Waals surface area (Å²) in [7, 11) is 0. The fourth-order valence-electron chi connectivity index (χ4n) is 11.6. The monoisotopic (exact) mass is 871 g/mol. The van der Waals surface area contributed by atoms with E-state index in [0.717, 1.165) is 17.1 Å². The molecular weight excluding hydrogens is 819 g/mol. The number of rotatable bonds is 10. The topological polar surface area (TPSA) is 3.24 Å². The molecule has 0 amide bonds. The molecule has 2 aliphatic carbocycles. The quantitative estimate of drug-likeness (QED) is 0.132. The first-order valence-corrected chi connectivity index (χ1v) is 24.4. The molecule has 0 saturated heterocycles. The molecule has 0 spiro atoms. The number of benzene rings is 10. The summed E-state index contributed by atoms with van der Waals surface area (Å²) in [4.78, 5) is 2.50. The summed E-state index contributed by atoms with van der Waals surface area (Å²) in [6.07, 6.45) is 6.68. The minimum atomic E-state index is -0.591. The van der Waals surface area contributed by atoms with E-state index in [0.29, 0.717) is 5.92 Å². The van der Waals surface area contributed by atoms with Crippen LogP contribution in [0.15, 0.2) is 255 Å². The van der Waals surface area contributed by atoms with Crippen molar-refractivity contribution in [2.45, 2.75) is 43.4 Å². The molecule has 0 atom stereocenters. The number of anilines is 3. The molecule has 0 aromatic heterocycles. The average Bonchev–Trinajstić information content (AvgIpc) is 3.73. The molecule has 1 heteroatoms. The maximum Gasteiger partial charge on any atom is 0.0714 e. The van der Waals surface area contributed by atoms with E-state index in [1.54, 1.807) is 0 Å². The van der Waals surface area contributed by atoms with E-state index in [1.165, 1.54) is 116 Å². The number of fused-ring (bicyclic) bond motifs is 3. The summed E-state index contributed by atoms with van der Waals surface area (Å²) in [6, 6.07) is 94.7. The Hall–Kier alpha value is -8.00. The predicted octanol–water partition coefficient (Wildman–Crippen LogP) is 18.2. The van der Waals surface area contributed by atoms with Gasteiger partial charge in [-0.3, -0.25) is 0 Å². The van der Waals surface area contributed by atoms with Crippen molar-refractivity contribution in [2.75, 3.05) is 4.90 Å². The van der Waals surface area contributed by atoms with Crippen molar-refractivity contribution in [3.05, 3.63) is 283 Å². The normalized spacial score (nSPS) is 13.9. The van der Waals surface area contributed by atoms with Crippen molar-refractivity contribution in [3.63, 3.8) is 0 Å². The molecule has 0 aliphatic heterocycles.